The smallest absolute Gasteiger partial charge is 0.341 e. The lowest BCUT2D eigenvalue weighted by Crippen LogP contribution is -2.25. The van der Waals surface area contributed by atoms with Gasteiger partial charge in [-0.05, 0) is 48.6 Å². The SMILES string of the molecule is COC(=O)c1cc(CNC(=O)c2c3c(nc4ccccc24)CCC3)ccc1OC. The van der Waals surface area contributed by atoms with E-state index in [1.54, 1.807) is 12.1 Å². The van der Waals surface area contributed by atoms with Crippen molar-refractivity contribution < 1.29 is 19.1 Å². The molecule has 148 valence electrons. The number of hydrogen-bond donors (Lipinski definition) is 1. The second-order valence-corrected chi connectivity index (χ2v) is 6.99. The number of aryl methyl sites for hydroxylation is 1. The van der Waals surface area contributed by atoms with Gasteiger partial charge in [0, 0.05) is 17.6 Å². The Hall–Kier alpha value is -3.41. The molecule has 0 radical (unpaired) electrons. The van der Waals surface area contributed by atoms with E-state index in [4.69, 9.17) is 14.5 Å². The van der Waals surface area contributed by atoms with Gasteiger partial charge < -0.3 is 14.8 Å². The normalized spacial score (nSPS) is 12.5. The summed E-state index contributed by atoms with van der Waals surface area (Å²) in [6.45, 7) is 0.290. The van der Waals surface area contributed by atoms with Gasteiger partial charge in [0.2, 0.25) is 0 Å². The summed E-state index contributed by atoms with van der Waals surface area (Å²) in [6.07, 6.45) is 2.78. The summed E-state index contributed by atoms with van der Waals surface area (Å²) in [5.74, 6) is -0.171. The third-order valence-corrected chi connectivity index (χ3v) is 5.27. The first kappa shape index (κ1) is 18.9. The van der Waals surface area contributed by atoms with Gasteiger partial charge in [-0.25, -0.2) is 4.79 Å². The lowest BCUT2D eigenvalue weighted by molar-refractivity contribution is 0.0597. The Bertz CT molecular complexity index is 1110. The van der Waals surface area contributed by atoms with Gasteiger partial charge >= 0.3 is 5.97 Å². The standard InChI is InChI=1S/C23H22N2O4/c1-28-20-11-10-14(12-17(20)23(27)29-2)13-24-22(26)21-15-6-3-4-8-18(15)25-19-9-5-7-16(19)21/h3-4,6,8,10-12H,5,7,9,13H2,1-2H3,(H,24,26). The number of methoxy groups -OCH3 is 2. The van der Waals surface area contributed by atoms with Crippen LogP contribution in [-0.4, -0.2) is 31.1 Å². The van der Waals surface area contributed by atoms with Gasteiger partial charge in [0.25, 0.3) is 5.91 Å². The van der Waals surface area contributed by atoms with E-state index in [9.17, 15) is 9.59 Å². The van der Waals surface area contributed by atoms with E-state index >= 15 is 0 Å². The van der Waals surface area contributed by atoms with Gasteiger partial charge in [0.05, 0.1) is 25.3 Å². The average molecular weight is 390 g/mol. The van der Waals surface area contributed by atoms with Crippen LogP contribution < -0.4 is 10.1 Å². The van der Waals surface area contributed by atoms with E-state index in [2.05, 4.69) is 5.32 Å². The molecular formula is C23H22N2O4. The minimum atomic E-state index is -0.479. The molecule has 0 saturated heterocycles. The Balaban J connectivity index is 1.63. The Labute approximate surface area is 168 Å². The van der Waals surface area contributed by atoms with Gasteiger partial charge in [0.1, 0.15) is 11.3 Å². The van der Waals surface area contributed by atoms with Gasteiger partial charge in [-0.2, -0.15) is 0 Å². The molecule has 1 heterocycles. The molecule has 1 aliphatic carbocycles. The molecule has 0 bridgehead atoms. The largest absolute Gasteiger partial charge is 0.496 e. The number of nitrogens with zero attached hydrogens (tertiary/aromatic N) is 1. The summed E-state index contributed by atoms with van der Waals surface area (Å²) in [5.41, 5.74) is 4.74. The van der Waals surface area contributed by atoms with E-state index in [0.717, 1.165) is 47.0 Å². The highest BCUT2D eigenvalue weighted by Crippen LogP contribution is 2.30. The molecule has 1 amide bonds. The zero-order chi connectivity index (χ0) is 20.4. The van der Waals surface area contributed by atoms with Crippen molar-refractivity contribution in [2.45, 2.75) is 25.8 Å². The molecule has 0 saturated carbocycles. The number of ether oxygens (including phenoxy) is 2. The summed E-state index contributed by atoms with van der Waals surface area (Å²) < 4.78 is 10.0. The fourth-order valence-electron chi connectivity index (χ4n) is 3.88. The quantitative estimate of drug-likeness (QED) is 0.675. The second-order valence-electron chi connectivity index (χ2n) is 6.99. The van der Waals surface area contributed by atoms with Gasteiger partial charge in [-0.1, -0.05) is 24.3 Å². The monoisotopic (exact) mass is 390 g/mol. The number of esters is 1. The Kier molecular flexibility index (Phi) is 5.16. The molecule has 29 heavy (non-hydrogen) atoms. The molecule has 0 atom stereocenters. The molecule has 1 N–H and O–H groups in total. The molecular weight excluding hydrogens is 368 g/mol. The van der Waals surface area contributed by atoms with E-state index in [0.29, 0.717) is 16.9 Å². The van der Waals surface area contributed by atoms with Crippen molar-refractivity contribution in [1.82, 2.24) is 10.3 Å². The van der Waals surface area contributed by atoms with E-state index < -0.39 is 5.97 Å². The maximum Gasteiger partial charge on any atom is 0.341 e. The van der Waals surface area contributed by atoms with Crippen molar-refractivity contribution >= 4 is 22.8 Å². The summed E-state index contributed by atoms with van der Waals surface area (Å²) in [4.78, 5) is 29.8. The van der Waals surface area contributed by atoms with Crippen molar-refractivity contribution in [2.24, 2.45) is 0 Å². The number of aromatic nitrogens is 1. The summed E-state index contributed by atoms with van der Waals surface area (Å²) >= 11 is 0. The fourth-order valence-corrected chi connectivity index (χ4v) is 3.88. The number of carbonyl (C=O) groups excluding carboxylic acids is 2. The fraction of sp³-hybridized carbons (Fsp3) is 0.261. The third kappa shape index (κ3) is 3.53. The van der Waals surface area contributed by atoms with Crippen molar-refractivity contribution in [3.63, 3.8) is 0 Å². The molecule has 0 fully saturated rings. The molecule has 0 aliphatic heterocycles. The van der Waals surface area contributed by atoms with Crippen LogP contribution in [0.25, 0.3) is 10.9 Å². The predicted octanol–water partition coefficient (Wildman–Crippen LogP) is 3.45. The maximum atomic E-state index is 13.1. The number of hydrogen-bond acceptors (Lipinski definition) is 5. The van der Waals surface area contributed by atoms with E-state index in [-0.39, 0.29) is 12.5 Å². The van der Waals surface area contributed by atoms with Crippen molar-refractivity contribution in [3.05, 3.63) is 70.4 Å². The predicted molar refractivity (Wildman–Crippen MR) is 109 cm³/mol. The molecule has 1 aromatic heterocycles. The van der Waals surface area contributed by atoms with Crippen LogP contribution in [0.3, 0.4) is 0 Å². The third-order valence-electron chi connectivity index (χ3n) is 5.27. The minimum Gasteiger partial charge on any atom is -0.496 e. The summed E-state index contributed by atoms with van der Waals surface area (Å²) in [7, 11) is 2.82. The lowest BCUT2D eigenvalue weighted by Gasteiger charge is -2.14. The van der Waals surface area contributed by atoms with Crippen LogP contribution in [0.2, 0.25) is 0 Å². The van der Waals surface area contributed by atoms with Crippen molar-refractivity contribution in [3.8, 4) is 5.75 Å². The number of fused-ring (bicyclic) bond motifs is 2. The highest BCUT2D eigenvalue weighted by atomic mass is 16.5. The zero-order valence-corrected chi connectivity index (χ0v) is 16.5. The first-order valence-electron chi connectivity index (χ1n) is 9.56. The number of nitrogens with one attached hydrogen (secondary N) is 1. The maximum absolute atomic E-state index is 13.1. The van der Waals surface area contributed by atoms with Crippen LogP contribution in [0.1, 0.15) is 44.0 Å². The molecule has 6 heteroatoms. The molecule has 1 aliphatic rings. The molecule has 4 rings (SSSR count). The number of para-hydroxylation sites is 1. The topological polar surface area (TPSA) is 77.5 Å². The van der Waals surface area contributed by atoms with E-state index in [1.807, 2.05) is 30.3 Å². The van der Waals surface area contributed by atoms with E-state index in [1.165, 1.54) is 14.2 Å². The van der Waals surface area contributed by atoms with Crippen LogP contribution in [0.4, 0.5) is 0 Å². The first-order valence-corrected chi connectivity index (χ1v) is 9.56. The van der Waals surface area contributed by atoms with Crippen molar-refractivity contribution in [1.29, 1.82) is 0 Å². The van der Waals surface area contributed by atoms with Gasteiger partial charge in [-0.15, -0.1) is 0 Å². The Morgan fingerprint density at radius 3 is 2.72 bits per heavy atom. The van der Waals surface area contributed by atoms with Crippen LogP contribution in [0.5, 0.6) is 5.75 Å². The second kappa shape index (κ2) is 7.91. The van der Waals surface area contributed by atoms with Gasteiger partial charge in [-0.3, -0.25) is 9.78 Å². The number of pyridine rings is 1. The number of amides is 1. The number of carbonyl (C=O) groups is 2. The lowest BCUT2D eigenvalue weighted by atomic mass is 10.0. The highest BCUT2D eigenvalue weighted by Gasteiger charge is 2.23. The first-order chi connectivity index (χ1) is 14.1. The van der Waals surface area contributed by atoms with Crippen molar-refractivity contribution in [2.75, 3.05) is 14.2 Å². The summed E-state index contributed by atoms with van der Waals surface area (Å²) in [6, 6.07) is 12.9. The van der Waals surface area contributed by atoms with Gasteiger partial charge in [0.15, 0.2) is 0 Å². The average Bonchev–Trinajstić information content (AvgIpc) is 3.22. The van der Waals surface area contributed by atoms with Crippen LogP contribution >= 0.6 is 0 Å². The number of rotatable bonds is 5. The summed E-state index contributed by atoms with van der Waals surface area (Å²) in [5, 5.41) is 3.87. The molecule has 0 unspecified atom stereocenters. The molecule has 6 nitrogen and oxygen atoms in total. The zero-order valence-electron chi connectivity index (χ0n) is 16.5. The number of benzene rings is 2. The Morgan fingerprint density at radius 2 is 1.93 bits per heavy atom. The molecule has 0 spiro atoms. The van der Waals surface area contributed by atoms with Crippen LogP contribution in [-0.2, 0) is 24.1 Å². The Morgan fingerprint density at radius 1 is 1.10 bits per heavy atom. The van der Waals surface area contributed by atoms with Crippen LogP contribution in [0, 0.1) is 0 Å². The highest BCUT2D eigenvalue weighted by molar-refractivity contribution is 6.07. The molecule has 3 aromatic rings. The van der Waals surface area contributed by atoms with Crippen LogP contribution in [0.15, 0.2) is 42.5 Å². The molecule has 2 aromatic carbocycles. The minimum absolute atomic E-state index is 0.128.